The Morgan fingerprint density at radius 3 is 2.60 bits per heavy atom. The molecule has 0 aliphatic heterocycles. The van der Waals surface area contributed by atoms with Crippen LogP contribution in [0.25, 0.3) is 0 Å². The fraction of sp³-hybridized carbons (Fsp3) is 0.133. The van der Waals surface area contributed by atoms with Crippen LogP contribution in [0.4, 0.5) is 5.69 Å². The van der Waals surface area contributed by atoms with Crippen molar-refractivity contribution < 1.29 is 9.90 Å². The van der Waals surface area contributed by atoms with Gasteiger partial charge in [-0.15, -0.1) is 11.8 Å². The summed E-state index contributed by atoms with van der Waals surface area (Å²) in [5, 5.41) is 12.2. The number of amides is 1. The second-order valence-electron chi connectivity index (χ2n) is 4.29. The van der Waals surface area contributed by atoms with E-state index >= 15 is 0 Å². The van der Waals surface area contributed by atoms with E-state index in [1.165, 1.54) is 11.8 Å². The molecule has 2 aromatic rings. The molecule has 5 heteroatoms. The summed E-state index contributed by atoms with van der Waals surface area (Å²) in [7, 11) is 0. The maximum absolute atomic E-state index is 11.9. The largest absolute Gasteiger partial charge is 0.508 e. The molecule has 0 atom stereocenters. The van der Waals surface area contributed by atoms with E-state index in [9.17, 15) is 9.90 Å². The molecule has 0 heterocycles. The number of halogens is 1. The molecule has 2 rings (SSSR count). The summed E-state index contributed by atoms with van der Waals surface area (Å²) in [6.45, 7) is 1.84. The standard InChI is InChI=1S/C15H14BrNO2S/c1-10-8-12(18)4-7-14(10)17-15(19)9-20-13-5-2-11(16)3-6-13/h2-8,18H,9H2,1H3,(H,17,19). The average molecular weight is 352 g/mol. The van der Waals surface area contributed by atoms with Gasteiger partial charge < -0.3 is 10.4 Å². The topological polar surface area (TPSA) is 49.3 Å². The molecule has 3 nitrogen and oxygen atoms in total. The van der Waals surface area contributed by atoms with Gasteiger partial charge in [0.05, 0.1) is 5.75 Å². The summed E-state index contributed by atoms with van der Waals surface area (Å²) in [5.74, 6) is 0.485. The number of anilines is 1. The van der Waals surface area contributed by atoms with Crippen LogP contribution in [0, 0.1) is 6.92 Å². The van der Waals surface area contributed by atoms with E-state index in [2.05, 4.69) is 21.2 Å². The fourth-order valence-corrected chi connectivity index (χ4v) is 2.62. The van der Waals surface area contributed by atoms with Crippen LogP contribution in [0.5, 0.6) is 5.75 Å². The highest BCUT2D eigenvalue weighted by Crippen LogP contribution is 2.22. The maximum Gasteiger partial charge on any atom is 0.234 e. The molecular formula is C15H14BrNO2S. The van der Waals surface area contributed by atoms with E-state index in [0.29, 0.717) is 5.75 Å². The van der Waals surface area contributed by atoms with Crippen LogP contribution in [0.1, 0.15) is 5.56 Å². The molecule has 2 aromatic carbocycles. The van der Waals surface area contributed by atoms with Crippen LogP contribution in [0.15, 0.2) is 51.8 Å². The van der Waals surface area contributed by atoms with Crippen LogP contribution in [0.3, 0.4) is 0 Å². The number of carbonyl (C=O) groups is 1. The molecule has 104 valence electrons. The predicted molar refractivity (Wildman–Crippen MR) is 86.3 cm³/mol. The molecule has 0 unspecified atom stereocenters. The first-order chi connectivity index (χ1) is 9.54. The fourth-order valence-electron chi connectivity index (χ4n) is 1.65. The molecule has 0 aliphatic carbocycles. The van der Waals surface area contributed by atoms with Gasteiger partial charge in [0.25, 0.3) is 0 Å². The zero-order valence-corrected chi connectivity index (χ0v) is 13.3. The SMILES string of the molecule is Cc1cc(O)ccc1NC(=O)CSc1ccc(Br)cc1. The van der Waals surface area contributed by atoms with Crippen molar-refractivity contribution >= 4 is 39.3 Å². The smallest absolute Gasteiger partial charge is 0.234 e. The molecule has 0 aliphatic rings. The first-order valence-corrected chi connectivity index (χ1v) is 7.80. The van der Waals surface area contributed by atoms with Gasteiger partial charge in [-0.05, 0) is 55.0 Å². The van der Waals surface area contributed by atoms with Crippen LogP contribution >= 0.6 is 27.7 Å². The maximum atomic E-state index is 11.9. The van der Waals surface area contributed by atoms with Gasteiger partial charge in [0.1, 0.15) is 5.75 Å². The second kappa shape index (κ2) is 6.81. The van der Waals surface area contributed by atoms with Crippen LogP contribution in [-0.4, -0.2) is 16.8 Å². The first-order valence-electron chi connectivity index (χ1n) is 6.02. The quantitative estimate of drug-likeness (QED) is 0.641. The molecule has 0 aromatic heterocycles. The van der Waals surface area contributed by atoms with Crippen LogP contribution < -0.4 is 5.32 Å². The third-order valence-electron chi connectivity index (χ3n) is 2.67. The molecule has 0 radical (unpaired) electrons. The lowest BCUT2D eigenvalue weighted by atomic mass is 10.2. The third kappa shape index (κ3) is 4.28. The van der Waals surface area contributed by atoms with Gasteiger partial charge in [-0.1, -0.05) is 15.9 Å². The number of nitrogens with one attached hydrogen (secondary N) is 1. The van der Waals surface area contributed by atoms with Crippen molar-refractivity contribution in [1.82, 2.24) is 0 Å². The summed E-state index contributed by atoms with van der Waals surface area (Å²) in [6.07, 6.45) is 0. The molecule has 0 fully saturated rings. The van der Waals surface area contributed by atoms with Gasteiger partial charge in [-0.3, -0.25) is 4.79 Å². The van der Waals surface area contributed by atoms with Crippen molar-refractivity contribution in [3.05, 3.63) is 52.5 Å². The highest BCUT2D eigenvalue weighted by molar-refractivity contribution is 9.10. The minimum Gasteiger partial charge on any atom is -0.508 e. The van der Waals surface area contributed by atoms with E-state index < -0.39 is 0 Å². The van der Waals surface area contributed by atoms with E-state index in [-0.39, 0.29) is 11.7 Å². The van der Waals surface area contributed by atoms with E-state index in [1.807, 2.05) is 31.2 Å². The Morgan fingerprint density at radius 2 is 1.95 bits per heavy atom. The van der Waals surface area contributed by atoms with Crippen molar-refractivity contribution in [3.8, 4) is 5.75 Å². The summed E-state index contributed by atoms with van der Waals surface area (Å²) in [5.41, 5.74) is 1.57. The predicted octanol–water partition coefficient (Wildman–Crippen LogP) is 4.19. The van der Waals surface area contributed by atoms with Gasteiger partial charge in [0.15, 0.2) is 0 Å². The molecule has 0 spiro atoms. The number of phenols is 1. The lowest BCUT2D eigenvalue weighted by Crippen LogP contribution is -2.14. The van der Waals surface area contributed by atoms with Gasteiger partial charge in [-0.2, -0.15) is 0 Å². The van der Waals surface area contributed by atoms with E-state index in [0.717, 1.165) is 20.6 Å². The van der Waals surface area contributed by atoms with Gasteiger partial charge in [-0.25, -0.2) is 0 Å². The number of aryl methyl sites for hydroxylation is 1. The Bertz CT molecular complexity index is 614. The number of thioether (sulfide) groups is 1. The summed E-state index contributed by atoms with van der Waals surface area (Å²) >= 11 is 4.86. The Morgan fingerprint density at radius 1 is 1.25 bits per heavy atom. The molecule has 1 amide bonds. The Balaban J connectivity index is 1.90. The zero-order chi connectivity index (χ0) is 14.5. The first kappa shape index (κ1) is 14.9. The monoisotopic (exact) mass is 351 g/mol. The van der Waals surface area contributed by atoms with Gasteiger partial charge in [0.2, 0.25) is 5.91 Å². The minimum absolute atomic E-state index is 0.0632. The van der Waals surface area contributed by atoms with E-state index in [4.69, 9.17) is 0 Å². The number of hydrogen-bond acceptors (Lipinski definition) is 3. The Kier molecular flexibility index (Phi) is 5.09. The van der Waals surface area contributed by atoms with Crippen molar-refractivity contribution in [1.29, 1.82) is 0 Å². The van der Waals surface area contributed by atoms with Crippen molar-refractivity contribution in [3.63, 3.8) is 0 Å². The highest BCUT2D eigenvalue weighted by atomic mass is 79.9. The van der Waals surface area contributed by atoms with Gasteiger partial charge >= 0.3 is 0 Å². The molecule has 20 heavy (non-hydrogen) atoms. The Hall–Kier alpha value is -1.46. The summed E-state index contributed by atoms with van der Waals surface area (Å²) in [4.78, 5) is 12.9. The molecule has 0 saturated carbocycles. The summed E-state index contributed by atoms with van der Waals surface area (Å²) in [6, 6.07) is 12.7. The van der Waals surface area contributed by atoms with E-state index in [1.54, 1.807) is 18.2 Å². The second-order valence-corrected chi connectivity index (χ2v) is 6.25. The average Bonchev–Trinajstić information content (AvgIpc) is 2.41. The summed E-state index contributed by atoms with van der Waals surface area (Å²) < 4.78 is 1.02. The number of phenolic OH excluding ortho intramolecular Hbond substituents is 1. The molecule has 0 saturated heterocycles. The minimum atomic E-state index is -0.0632. The third-order valence-corrected chi connectivity index (χ3v) is 4.21. The molecule has 0 bridgehead atoms. The van der Waals surface area contributed by atoms with Crippen molar-refractivity contribution in [2.45, 2.75) is 11.8 Å². The number of carbonyl (C=O) groups excluding carboxylic acids is 1. The lowest BCUT2D eigenvalue weighted by Gasteiger charge is -2.08. The number of hydrogen-bond donors (Lipinski definition) is 2. The Labute approximate surface area is 130 Å². The molecular weight excluding hydrogens is 338 g/mol. The van der Waals surface area contributed by atoms with Gasteiger partial charge in [0, 0.05) is 15.1 Å². The lowest BCUT2D eigenvalue weighted by molar-refractivity contribution is -0.113. The molecule has 2 N–H and O–H groups in total. The van der Waals surface area contributed by atoms with Crippen LogP contribution in [-0.2, 0) is 4.79 Å². The van der Waals surface area contributed by atoms with Crippen molar-refractivity contribution in [2.75, 3.05) is 11.1 Å². The number of rotatable bonds is 4. The van der Waals surface area contributed by atoms with Crippen molar-refractivity contribution in [2.24, 2.45) is 0 Å². The number of benzene rings is 2. The highest BCUT2D eigenvalue weighted by Gasteiger charge is 2.06. The number of aromatic hydroxyl groups is 1. The van der Waals surface area contributed by atoms with Crippen LogP contribution in [0.2, 0.25) is 0 Å². The zero-order valence-electron chi connectivity index (χ0n) is 10.9. The normalized spacial score (nSPS) is 10.3.